The maximum atomic E-state index is 12.1. The number of benzene rings is 1. The molecule has 2 aromatic rings. The average Bonchev–Trinajstić information content (AvgIpc) is 3.06. The lowest BCUT2D eigenvalue weighted by molar-refractivity contribution is -0.118. The van der Waals surface area contributed by atoms with Crippen molar-refractivity contribution in [1.29, 1.82) is 0 Å². The van der Waals surface area contributed by atoms with Gasteiger partial charge < -0.3 is 14.8 Å². The van der Waals surface area contributed by atoms with E-state index in [0.29, 0.717) is 12.3 Å². The van der Waals surface area contributed by atoms with Gasteiger partial charge in [-0.25, -0.2) is 0 Å². The van der Waals surface area contributed by atoms with Crippen LogP contribution in [0.15, 0.2) is 35.7 Å². The molecule has 1 amide bonds. The molecule has 7 heteroatoms. The van der Waals surface area contributed by atoms with E-state index < -0.39 is 0 Å². The number of aromatic nitrogens is 3. The van der Waals surface area contributed by atoms with Gasteiger partial charge in [0.05, 0.1) is 5.75 Å². The predicted molar refractivity (Wildman–Crippen MR) is 103 cm³/mol. The SMILES string of the molecule is CCN(CCNC(=O)CSc1nncn1C(C)C)c1cccc(C)c1. The molecule has 0 aliphatic heterocycles. The van der Waals surface area contributed by atoms with Crippen molar-refractivity contribution in [2.24, 2.45) is 0 Å². The van der Waals surface area contributed by atoms with Crippen molar-refractivity contribution >= 4 is 23.4 Å². The summed E-state index contributed by atoms with van der Waals surface area (Å²) in [6.07, 6.45) is 1.70. The van der Waals surface area contributed by atoms with Crippen molar-refractivity contribution in [3.63, 3.8) is 0 Å². The second-order valence-electron chi connectivity index (χ2n) is 6.17. The van der Waals surface area contributed by atoms with Gasteiger partial charge in [-0.3, -0.25) is 4.79 Å². The number of anilines is 1. The Labute approximate surface area is 154 Å². The monoisotopic (exact) mass is 361 g/mol. The van der Waals surface area contributed by atoms with Crippen molar-refractivity contribution in [2.75, 3.05) is 30.3 Å². The van der Waals surface area contributed by atoms with Gasteiger partial charge in [0.1, 0.15) is 6.33 Å². The van der Waals surface area contributed by atoms with Crippen LogP contribution in [-0.2, 0) is 4.79 Å². The number of carbonyl (C=O) groups excluding carboxylic acids is 1. The molecule has 0 unspecified atom stereocenters. The lowest BCUT2D eigenvalue weighted by Gasteiger charge is -2.23. The van der Waals surface area contributed by atoms with Crippen LogP contribution in [0.25, 0.3) is 0 Å². The first-order valence-electron chi connectivity index (χ1n) is 8.62. The van der Waals surface area contributed by atoms with Crippen LogP contribution in [0.1, 0.15) is 32.4 Å². The minimum absolute atomic E-state index is 0.0172. The van der Waals surface area contributed by atoms with E-state index in [2.05, 4.69) is 72.4 Å². The Balaban J connectivity index is 1.77. The summed E-state index contributed by atoms with van der Waals surface area (Å²) in [5.74, 6) is 0.366. The molecule has 0 saturated carbocycles. The predicted octanol–water partition coefficient (Wildman–Crippen LogP) is 2.90. The Kier molecular flexibility index (Phi) is 7.31. The van der Waals surface area contributed by atoms with E-state index in [0.717, 1.165) is 18.2 Å². The van der Waals surface area contributed by atoms with E-state index in [4.69, 9.17) is 0 Å². The van der Waals surface area contributed by atoms with Crippen LogP contribution in [0.3, 0.4) is 0 Å². The molecule has 2 rings (SSSR count). The molecular formula is C18H27N5OS. The van der Waals surface area contributed by atoms with Crippen molar-refractivity contribution in [1.82, 2.24) is 20.1 Å². The number of amides is 1. The van der Waals surface area contributed by atoms with E-state index in [1.807, 2.05) is 4.57 Å². The number of aryl methyl sites for hydroxylation is 1. The van der Waals surface area contributed by atoms with Gasteiger partial charge in [0.25, 0.3) is 0 Å². The average molecular weight is 362 g/mol. The van der Waals surface area contributed by atoms with Gasteiger partial charge in [0.15, 0.2) is 5.16 Å². The van der Waals surface area contributed by atoms with Crippen molar-refractivity contribution in [3.05, 3.63) is 36.2 Å². The van der Waals surface area contributed by atoms with E-state index in [9.17, 15) is 4.79 Å². The Morgan fingerprint density at radius 3 is 2.88 bits per heavy atom. The van der Waals surface area contributed by atoms with Crippen LogP contribution < -0.4 is 10.2 Å². The van der Waals surface area contributed by atoms with Gasteiger partial charge in [-0.1, -0.05) is 23.9 Å². The summed E-state index contributed by atoms with van der Waals surface area (Å²) >= 11 is 1.42. The molecule has 0 atom stereocenters. The third kappa shape index (κ3) is 5.77. The molecule has 0 bridgehead atoms. The fourth-order valence-electron chi connectivity index (χ4n) is 2.50. The highest BCUT2D eigenvalue weighted by molar-refractivity contribution is 7.99. The first kappa shape index (κ1) is 19.3. The summed E-state index contributed by atoms with van der Waals surface area (Å²) < 4.78 is 1.97. The van der Waals surface area contributed by atoms with Crippen molar-refractivity contribution in [2.45, 2.75) is 38.9 Å². The molecule has 0 aliphatic carbocycles. The maximum absolute atomic E-state index is 12.1. The number of likely N-dealkylation sites (N-methyl/N-ethyl adjacent to an activating group) is 1. The van der Waals surface area contributed by atoms with Crippen molar-refractivity contribution < 1.29 is 4.79 Å². The van der Waals surface area contributed by atoms with Gasteiger partial charge in [-0.05, 0) is 45.4 Å². The van der Waals surface area contributed by atoms with Crippen LogP contribution in [-0.4, -0.2) is 46.1 Å². The van der Waals surface area contributed by atoms with Gasteiger partial charge >= 0.3 is 0 Å². The lowest BCUT2D eigenvalue weighted by atomic mass is 10.2. The highest BCUT2D eigenvalue weighted by Gasteiger charge is 2.11. The normalized spacial score (nSPS) is 10.9. The summed E-state index contributed by atoms with van der Waals surface area (Å²) in [5, 5.41) is 11.7. The van der Waals surface area contributed by atoms with Crippen molar-refractivity contribution in [3.8, 4) is 0 Å². The minimum atomic E-state index is 0.0172. The fraction of sp³-hybridized carbons (Fsp3) is 0.500. The number of carbonyl (C=O) groups is 1. The molecular weight excluding hydrogens is 334 g/mol. The molecule has 1 N–H and O–H groups in total. The minimum Gasteiger partial charge on any atom is -0.370 e. The smallest absolute Gasteiger partial charge is 0.230 e. The van der Waals surface area contributed by atoms with Crippen LogP contribution in [0.4, 0.5) is 5.69 Å². The van der Waals surface area contributed by atoms with Gasteiger partial charge in [0, 0.05) is 31.4 Å². The van der Waals surface area contributed by atoms with E-state index >= 15 is 0 Å². The summed E-state index contributed by atoms with van der Waals surface area (Å²) in [7, 11) is 0. The second kappa shape index (κ2) is 9.46. The first-order valence-corrected chi connectivity index (χ1v) is 9.60. The first-order chi connectivity index (χ1) is 12.0. The summed E-state index contributed by atoms with van der Waals surface area (Å²) in [6, 6.07) is 8.71. The summed E-state index contributed by atoms with van der Waals surface area (Å²) in [5.41, 5.74) is 2.43. The zero-order valence-corrected chi connectivity index (χ0v) is 16.2. The Morgan fingerprint density at radius 1 is 1.40 bits per heavy atom. The Hall–Kier alpha value is -2.02. The van der Waals surface area contributed by atoms with Crippen LogP contribution in [0.2, 0.25) is 0 Å². The third-order valence-corrected chi connectivity index (χ3v) is 4.84. The number of nitrogens with zero attached hydrogens (tertiary/aromatic N) is 4. The zero-order chi connectivity index (χ0) is 18.2. The van der Waals surface area contributed by atoms with Crippen LogP contribution in [0, 0.1) is 6.92 Å². The molecule has 0 fully saturated rings. The number of hydrogen-bond acceptors (Lipinski definition) is 5. The quantitative estimate of drug-likeness (QED) is 0.696. The number of hydrogen-bond donors (Lipinski definition) is 1. The number of thioether (sulfide) groups is 1. The Morgan fingerprint density at radius 2 is 2.20 bits per heavy atom. The fourth-order valence-corrected chi connectivity index (χ4v) is 3.37. The van der Waals surface area contributed by atoms with Crippen LogP contribution in [0.5, 0.6) is 0 Å². The zero-order valence-electron chi connectivity index (χ0n) is 15.4. The molecule has 0 spiro atoms. The lowest BCUT2D eigenvalue weighted by Crippen LogP contribution is -2.35. The van der Waals surface area contributed by atoms with Gasteiger partial charge in [-0.2, -0.15) is 0 Å². The molecule has 0 aliphatic rings. The molecule has 1 heterocycles. The summed E-state index contributed by atoms with van der Waals surface area (Å²) in [4.78, 5) is 14.3. The largest absolute Gasteiger partial charge is 0.370 e. The van der Waals surface area contributed by atoms with E-state index in [1.54, 1.807) is 6.33 Å². The molecule has 6 nitrogen and oxygen atoms in total. The maximum Gasteiger partial charge on any atom is 0.230 e. The van der Waals surface area contributed by atoms with Gasteiger partial charge in [-0.15, -0.1) is 10.2 Å². The number of nitrogens with one attached hydrogen (secondary N) is 1. The summed E-state index contributed by atoms with van der Waals surface area (Å²) in [6.45, 7) is 10.7. The van der Waals surface area contributed by atoms with E-state index in [-0.39, 0.29) is 11.9 Å². The van der Waals surface area contributed by atoms with Gasteiger partial charge in [0.2, 0.25) is 5.91 Å². The molecule has 25 heavy (non-hydrogen) atoms. The molecule has 0 saturated heterocycles. The molecule has 136 valence electrons. The van der Waals surface area contributed by atoms with Crippen LogP contribution >= 0.6 is 11.8 Å². The molecule has 1 aromatic heterocycles. The topological polar surface area (TPSA) is 63.1 Å². The number of rotatable bonds is 9. The standard InChI is InChI=1S/C18H27N5OS/c1-5-22(16-8-6-7-15(4)11-16)10-9-19-17(24)12-25-18-21-20-13-23(18)14(2)3/h6-8,11,13-14H,5,9-10,12H2,1-4H3,(H,19,24). The molecule has 0 radical (unpaired) electrons. The third-order valence-electron chi connectivity index (χ3n) is 3.88. The Bertz CT molecular complexity index is 686. The second-order valence-corrected chi connectivity index (χ2v) is 7.11. The molecule has 1 aromatic carbocycles. The highest BCUT2D eigenvalue weighted by atomic mass is 32.2. The highest BCUT2D eigenvalue weighted by Crippen LogP contribution is 2.18. The van der Waals surface area contributed by atoms with E-state index in [1.165, 1.54) is 23.0 Å².